The lowest BCUT2D eigenvalue weighted by molar-refractivity contribution is 0.102. The molecule has 7 heteroatoms. The summed E-state index contributed by atoms with van der Waals surface area (Å²) in [4.78, 5) is 21.9. The average molecular weight is 332 g/mol. The zero-order chi connectivity index (χ0) is 15.9. The van der Waals surface area contributed by atoms with E-state index in [1.807, 2.05) is 43.0 Å². The van der Waals surface area contributed by atoms with Crippen molar-refractivity contribution in [3.63, 3.8) is 0 Å². The molecule has 3 aromatic rings. The Balaban J connectivity index is 1.78. The third-order valence-corrected chi connectivity index (χ3v) is 5.40. The minimum atomic E-state index is 0.0830. The number of carbonyl (C=O) groups excluding carboxylic acids is 1. The number of thioether (sulfide) groups is 1. The predicted molar refractivity (Wildman–Crippen MR) is 91.8 cm³/mol. The lowest BCUT2D eigenvalue weighted by atomic mass is 10.2. The van der Waals surface area contributed by atoms with Crippen molar-refractivity contribution in [3.8, 4) is 0 Å². The van der Waals surface area contributed by atoms with Crippen LogP contribution in [0.15, 0.2) is 22.7 Å². The van der Waals surface area contributed by atoms with Gasteiger partial charge in [0, 0.05) is 24.0 Å². The number of rotatable bonds is 4. The summed E-state index contributed by atoms with van der Waals surface area (Å²) in [6, 6.07) is 3.83. The SMILES string of the molecule is Cc1cc(C(=O)CSc2nc(N)c3ccsc3n2)c(C)n1C. The van der Waals surface area contributed by atoms with Crippen molar-refractivity contribution in [3.05, 3.63) is 34.5 Å². The lowest BCUT2D eigenvalue weighted by Crippen LogP contribution is -2.05. The number of nitrogen functional groups attached to an aromatic ring is 1. The van der Waals surface area contributed by atoms with Gasteiger partial charge in [0.25, 0.3) is 0 Å². The number of aromatic nitrogens is 3. The molecule has 0 saturated carbocycles. The van der Waals surface area contributed by atoms with Crippen LogP contribution in [0.25, 0.3) is 10.2 Å². The van der Waals surface area contributed by atoms with Crippen molar-refractivity contribution in [1.29, 1.82) is 0 Å². The number of anilines is 1. The number of Topliss-reactive ketones (excluding diaryl/α,β-unsaturated/α-hetero) is 1. The van der Waals surface area contributed by atoms with Gasteiger partial charge in [-0.25, -0.2) is 9.97 Å². The second kappa shape index (κ2) is 5.73. The van der Waals surface area contributed by atoms with Crippen LogP contribution in [0.4, 0.5) is 5.82 Å². The van der Waals surface area contributed by atoms with E-state index in [9.17, 15) is 4.79 Å². The van der Waals surface area contributed by atoms with Crippen LogP contribution in [0.1, 0.15) is 21.7 Å². The average Bonchev–Trinajstić information content (AvgIpc) is 3.06. The molecule has 0 unspecified atom stereocenters. The van der Waals surface area contributed by atoms with Crippen molar-refractivity contribution in [2.75, 3.05) is 11.5 Å². The van der Waals surface area contributed by atoms with E-state index in [1.165, 1.54) is 23.1 Å². The highest BCUT2D eigenvalue weighted by Gasteiger charge is 2.15. The van der Waals surface area contributed by atoms with E-state index < -0.39 is 0 Å². The van der Waals surface area contributed by atoms with Gasteiger partial charge in [0.1, 0.15) is 10.6 Å². The Morgan fingerprint density at radius 3 is 2.86 bits per heavy atom. The van der Waals surface area contributed by atoms with Gasteiger partial charge in [0.15, 0.2) is 10.9 Å². The first kappa shape index (κ1) is 15.1. The molecular formula is C15H16N4OS2. The maximum atomic E-state index is 12.4. The number of fused-ring (bicyclic) bond motifs is 1. The summed E-state index contributed by atoms with van der Waals surface area (Å²) in [6.45, 7) is 3.95. The summed E-state index contributed by atoms with van der Waals surface area (Å²) in [7, 11) is 1.96. The zero-order valence-electron chi connectivity index (χ0n) is 12.6. The molecule has 3 aromatic heterocycles. The van der Waals surface area contributed by atoms with Crippen LogP contribution in [0.5, 0.6) is 0 Å². The lowest BCUT2D eigenvalue weighted by Gasteiger charge is -2.03. The summed E-state index contributed by atoms with van der Waals surface area (Å²) in [6.07, 6.45) is 0. The van der Waals surface area contributed by atoms with Crippen molar-refractivity contribution in [2.45, 2.75) is 19.0 Å². The standard InChI is InChI=1S/C15H16N4OS2/c1-8-6-11(9(2)19(8)3)12(20)7-22-15-17-13(16)10-4-5-21-14(10)18-15/h4-6H,7H2,1-3H3,(H2,16,17,18). The molecule has 0 aliphatic rings. The second-order valence-corrected chi connectivity index (χ2v) is 6.92. The summed E-state index contributed by atoms with van der Waals surface area (Å²) >= 11 is 2.85. The number of carbonyl (C=O) groups is 1. The molecule has 0 amide bonds. The van der Waals surface area contributed by atoms with Crippen LogP contribution in [-0.2, 0) is 7.05 Å². The van der Waals surface area contributed by atoms with Crippen LogP contribution in [0.2, 0.25) is 0 Å². The Hall–Kier alpha value is -1.86. The molecule has 22 heavy (non-hydrogen) atoms. The Labute approximate surface area is 136 Å². The van der Waals surface area contributed by atoms with Crippen molar-refractivity contribution >= 4 is 44.9 Å². The highest BCUT2D eigenvalue weighted by molar-refractivity contribution is 7.99. The molecule has 2 N–H and O–H groups in total. The van der Waals surface area contributed by atoms with Crippen molar-refractivity contribution in [2.24, 2.45) is 7.05 Å². The maximum Gasteiger partial charge on any atom is 0.191 e. The number of ketones is 1. The van der Waals surface area contributed by atoms with E-state index in [4.69, 9.17) is 5.73 Å². The van der Waals surface area contributed by atoms with Gasteiger partial charge in [-0.15, -0.1) is 11.3 Å². The fourth-order valence-corrected chi connectivity index (χ4v) is 3.83. The van der Waals surface area contributed by atoms with Gasteiger partial charge in [0.05, 0.1) is 11.1 Å². The quantitative estimate of drug-likeness (QED) is 0.451. The van der Waals surface area contributed by atoms with Crippen LogP contribution in [0, 0.1) is 13.8 Å². The molecule has 0 atom stereocenters. The third kappa shape index (κ3) is 2.62. The molecule has 0 radical (unpaired) electrons. The van der Waals surface area contributed by atoms with Gasteiger partial charge in [0.2, 0.25) is 0 Å². The molecule has 0 aromatic carbocycles. The highest BCUT2D eigenvalue weighted by atomic mass is 32.2. The normalized spacial score (nSPS) is 11.2. The Morgan fingerprint density at radius 1 is 1.41 bits per heavy atom. The summed E-state index contributed by atoms with van der Waals surface area (Å²) < 4.78 is 2.02. The highest BCUT2D eigenvalue weighted by Crippen LogP contribution is 2.27. The fourth-order valence-electron chi connectivity index (χ4n) is 2.27. The minimum Gasteiger partial charge on any atom is -0.383 e. The van der Waals surface area contributed by atoms with E-state index in [0.717, 1.165) is 27.2 Å². The molecule has 5 nitrogen and oxygen atoms in total. The van der Waals surface area contributed by atoms with Gasteiger partial charge in [-0.3, -0.25) is 4.79 Å². The second-order valence-electron chi connectivity index (χ2n) is 5.09. The number of hydrogen-bond donors (Lipinski definition) is 1. The van der Waals surface area contributed by atoms with E-state index >= 15 is 0 Å². The molecule has 0 aliphatic heterocycles. The zero-order valence-corrected chi connectivity index (χ0v) is 14.2. The molecule has 0 bridgehead atoms. The fraction of sp³-hybridized carbons (Fsp3) is 0.267. The molecule has 0 spiro atoms. The van der Waals surface area contributed by atoms with Crippen LogP contribution in [0.3, 0.4) is 0 Å². The smallest absolute Gasteiger partial charge is 0.191 e. The van der Waals surface area contributed by atoms with E-state index in [1.54, 1.807) is 0 Å². The van der Waals surface area contributed by atoms with Crippen molar-refractivity contribution in [1.82, 2.24) is 14.5 Å². The third-order valence-electron chi connectivity index (χ3n) is 3.74. The van der Waals surface area contributed by atoms with E-state index in [0.29, 0.717) is 16.7 Å². The first-order chi connectivity index (χ1) is 10.5. The summed E-state index contributed by atoms with van der Waals surface area (Å²) in [5.41, 5.74) is 8.74. The van der Waals surface area contributed by atoms with Gasteiger partial charge in [-0.1, -0.05) is 11.8 Å². The summed E-state index contributed by atoms with van der Waals surface area (Å²) in [5, 5.41) is 3.35. The molecule has 3 rings (SSSR count). The maximum absolute atomic E-state index is 12.4. The Morgan fingerprint density at radius 2 is 2.18 bits per heavy atom. The first-order valence-electron chi connectivity index (χ1n) is 6.77. The minimum absolute atomic E-state index is 0.0830. The van der Waals surface area contributed by atoms with Crippen molar-refractivity contribution < 1.29 is 4.79 Å². The monoisotopic (exact) mass is 332 g/mol. The molecule has 3 heterocycles. The van der Waals surface area contributed by atoms with Crippen LogP contribution < -0.4 is 5.73 Å². The molecule has 0 fully saturated rings. The van der Waals surface area contributed by atoms with E-state index in [-0.39, 0.29) is 5.78 Å². The molecule has 0 aliphatic carbocycles. The topological polar surface area (TPSA) is 73.8 Å². The van der Waals surface area contributed by atoms with Gasteiger partial charge in [-0.2, -0.15) is 0 Å². The van der Waals surface area contributed by atoms with Crippen LogP contribution >= 0.6 is 23.1 Å². The number of hydrogen-bond acceptors (Lipinski definition) is 6. The summed E-state index contributed by atoms with van der Waals surface area (Å²) in [5.74, 6) is 0.855. The van der Waals surface area contributed by atoms with Crippen LogP contribution in [-0.4, -0.2) is 26.1 Å². The van der Waals surface area contributed by atoms with Gasteiger partial charge >= 0.3 is 0 Å². The van der Waals surface area contributed by atoms with Gasteiger partial charge in [-0.05, 0) is 31.4 Å². The Bertz CT molecular complexity index is 866. The first-order valence-corrected chi connectivity index (χ1v) is 8.63. The number of nitrogens with zero attached hydrogens (tertiary/aromatic N) is 3. The van der Waals surface area contributed by atoms with Gasteiger partial charge < -0.3 is 10.3 Å². The molecule has 114 valence electrons. The number of aryl methyl sites for hydroxylation is 1. The predicted octanol–water partition coefficient (Wildman–Crippen LogP) is 3.20. The number of nitrogens with two attached hydrogens (primary N) is 1. The molecule has 0 saturated heterocycles. The largest absolute Gasteiger partial charge is 0.383 e. The Kier molecular flexibility index (Phi) is 3.92. The van der Waals surface area contributed by atoms with E-state index in [2.05, 4.69) is 9.97 Å². The molecular weight excluding hydrogens is 316 g/mol. The number of thiophene rings is 1.